The number of hydrogen-bond donors (Lipinski definition) is 2. The third-order valence-corrected chi connectivity index (χ3v) is 5.55. The van der Waals surface area contributed by atoms with E-state index in [1.54, 1.807) is 18.2 Å². The van der Waals surface area contributed by atoms with Gasteiger partial charge in [0.2, 0.25) is 11.8 Å². The molecule has 7 nitrogen and oxygen atoms in total. The average Bonchev–Trinajstić information content (AvgIpc) is 2.94. The van der Waals surface area contributed by atoms with E-state index in [1.807, 2.05) is 0 Å². The molecule has 0 radical (unpaired) electrons. The lowest BCUT2D eigenvalue weighted by atomic mass is 10.0. The van der Waals surface area contributed by atoms with E-state index < -0.39 is 23.8 Å². The van der Waals surface area contributed by atoms with Crippen LogP contribution in [-0.4, -0.2) is 41.1 Å². The number of piperidine rings is 1. The first-order chi connectivity index (χ1) is 14.0. The van der Waals surface area contributed by atoms with Crippen LogP contribution in [0.15, 0.2) is 18.2 Å². The molecule has 1 saturated heterocycles. The second kappa shape index (κ2) is 9.67. The number of fused-ring (bicyclic) bond motifs is 1. The number of benzene rings is 1. The van der Waals surface area contributed by atoms with Crippen molar-refractivity contribution in [3.8, 4) is 0 Å². The van der Waals surface area contributed by atoms with Crippen LogP contribution >= 0.6 is 0 Å². The normalized spacial score (nSPS) is 18.8. The van der Waals surface area contributed by atoms with Gasteiger partial charge in [-0.3, -0.25) is 29.4 Å². The topological polar surface area (TPSA) is 95.6 Å². The first kappa shape index (κ1) is 21.0. The standard InChI is InChI=1S/C22H29N3O4/c1-2-3-4-5-6-7-8-13-23-15-9-10-16-17(14-15)22(29)25(21(16)28)18-11-12-19(26)24-20(18)27/h9-10,14,18,23H,2-8,11-13H2,1H3,(H,24,26,27). The summed E-state index contributed by atoms with van der Waals surface area (Å²) in [4.78, 5) is 49.9. The van der Waals surface area contributed by atoms with Crippen molar-refractivity contribution >= 4 is 29.3 Å². The van der Waals surface area contributed by atoms with Crippen molar-refractivity contribution in [1.82, 2.24) is 10.2 Å². The number of nitrogens with zero attached hydrogens (tertiary/aromatic N) is 1. The molecule has 0 saturated carbocycles. The van der Waals surface area contributed by atoms with Crippen LogP contribution in [0.2, 0.25) is 0 Å². The summed E-state index contributed by atoms with van der Waals surface area (Å²) in [6.07, 6.45) is 8.88. The molecule has 2 heterocycles. The smallest absolute Gasteiger partial charge is 0.262 e. The van der Waals surface area contributed by atoms with Gasteiger partial charge in [-0.15, -0.1) is 0 Å². The first-order valence-electron chi connectivity index (χ1n) is 10.6. The van der Waals surface area contributed by atoms with Gasteiger partial charge in [-0.2, -0.15) is 0 Å². The zero-order valence-corrected chi connectivity index (χ0v) is 17.0. The molecule has 0 aliphatic carbocycles. The van der Waals surface area contributed by atoms with Crippen LogP contribution in [0, 0.1) is 0 Å². The molecular formula is C22H29N3O4. The minimum absolute atomic E-state index is 0.120. The van der Waals surface area contributed by atoms with Gasteiger partial charge in [-0.1, -0.05) is 45.4 Å². The summed E-state index contributed by atoms with van der Waals surface area (Å²) < 4.78 is 0. The molecule has 2 aliphatic heterocycles. The van der Waals surface area contributed by atoms with Gasteiger partial charge in [0.05, 0.1) is 11.1 Å². The molecule has 1 aromatic carbocycles. The van der Waals surface area contributed by atoms with E-state index in [0.29, 0.717) is 11.1 Å². The highest BCUT2D eigenvalue weighted by molar-refractivity contribution is 6.23. The molecule has 2 N–H and O–H groups in total. The predicted molar refractivity (Wildman–Crippen MR) is 110 cm³/mol. The number of amides is 4. The summed E-state index contributed by atoms with van der Waals surface area (Å²) in [5, 5.41) is 5.52. The van der Waals surface area contributed by atoms with E-state index in [9.17, 15) is 19.2 Å². The van der Waals surface area contributed by atoms with Gasteiger partial charge >= 0.3 is 0 Å². The van der Waals surface area contributed by atoms with Gasteiger partial charge in [0, 0.05) is 18.7 Å². The maximum atomic E-state index is 12.8. The molecule has 2 aliphatic rings. The summed E-state index contributed by atoms with van der Waals surface area (Å²) in [5.41, 5.74) is 1.41. The second-order valence-corrected chi connectivity index (χ2v) is 7.76. The van der Waals surface area contributed by atoms with E-state index >= 15 is 0 Å². The molecule has 156 valence electrons. The van der Waals surface area contributed by atoms with Gasteiger partial charge < -0.3 is 5.32 Å². The SMILES string of the molecule is CCCCCCCCCNc1ccc2c(c1)C(=O)N(C1CCC(=O)NC1=O)C2=O. The summed E-state index contributed by atoms with van der Waals surface area (Å²) in [7, 11) is 0. The van der Waals surface area contributed by atoms with Crippen LogP contribution in [0.4, 0.5) is 5.69 Å². The molecule has 1 unspecified atom stereocenters. The van der Waals surface area contributed by atoms with Crippen LogP contribution in [0.5, 0.6) is 0 Å². The number of rotatable bonds is 10. The lowest BCUT2D eigenvalue weighted by molar-refractivity contribution is -0.136. The Morgan fingerprint density at radius 2 is 1.66 bits per heavy atom. The third kappa shape index (κ3) is 4.83. The van der Waals surface area contributed by atoms with Crippen molar-refractivity contribution in [3.05, 3.63) is 29.3 Å². The minimum Gasteiger partial charge on any atom is -0.385 e. The molecule has 1 atom stereocenters. The number of nitrogens with one attached hydrogen (secondary N) is 2. The Bertz CT molecular complexity index is 805. The second-order valence-electron chi connectivity index (χ2n) is 7.76. The fraction of sp³-hybridized carbons (Fsp3) is 0.545. The summed E-state index contributed by atoms with van der Waals surface area (Å²) in [6.45, 7) is 3.02. The minimum atomic E-state index is -0.927. The van der Waals surface area contributed by atoms with Crippen molar-refractivity contribution in [2.24, 2.45) is 0 Å². The number of carbonyl (C=O) groups excluding carboxylic acids is 4. The van der Waals surface area contributed by atoms with Gasteiger partial charge in [-0.05, 0) is 31.0 Å². The van der Waals surface area contributed by atoms with Crippen molar-refractivity contribution in [2.75, 3.05) is 11.9 Å². The van der Waals surface area contributed by atoms with E-state index in [0.717, 1.165) is 23.6 Å². The fourth-order valence-electron chi connectivity index (χ4n) is 3.90. The third-order valence-electron chi connectivity index (χ3n) is 5.55. The van der Waals surface area contributed by atoms with Crippen molar-refractivity contribution in [2.45, 2.75) is 70.8 Å². The molecule has 0 bridgehead atoms. The number of unbranched alkanes of at least 4 members (excludes halogenated alkanes) is 6. The Morgan fingerprint density at radius 1 is 0.966 bits per heavy atom. The molecule has 3 rings (SSSR count). The highest BCUT2D eigenvalue weighted by Crippen LogP contribution is 2.29. The number of carbonyl (C=O) groups is 4. The van der Waals surface area contributed by atoms with Crippen molar-refractivity contribution in [3.63, 3.8) is 0 Å². The Labute approximate surface area is 171 Å². The highest BCUT2D eigenvalue weighted by Gasteiger charge is 2.44. The van der Waals surface area contributed by atoms with Gasteiger partial charge in [0.25, 0.3) is 11.8 Å². The Hall–Kier alpha value is -2.70. The summed E-state index contributed by atoms with van der Waals surface area (Å²) >= 11 is 0. The predicted octanol–water partition coefficient (Wildman–Crippen LogP) is 3.25. The van der Waals surface area contributed by atoms with Gasteiger partial charge in [0.15, 0.2) is 0 Å². The highest BCUT2D eigenvalue weighted by atomic mass is 16.2. The van der Waals surface area contributed by atoms with Crippen LogP contribution < -0.4 is 10.6 Å². The molecule has 7 heteroatoms. The van der Waals surface area contributed by atoms with Crippen molar-refractivity contribution in [1.29, 1.82) is 0 Å². The largest absolute Gasteiger partial charge is 0.385 e. The monoisotopic (exact) mass is 399 g/mol. The molecule has 0 spiro atoms. The lowest BCUT2D eigenvalue weighted by Crippen LogP contribution is -2.54. The Morgan fingerprint density at radius 3 is 2.38 bits per heavy atom. The summed E-state index contributed by atoms with van der Waals surface area (Å²) in [6, 6.07) is 4.18. The molecular weight excluding hydrogens is 370 g/mol. The van der Waals surface area contributed by atoms with E-state index in [-0.39, 0.29) is 18.7 Å². The molecule has 1 aromatic rings. The molecule has 1 fully saturated rings. The fourth-order valence-corrected chi connectivity index (χ4v) is 3.90. The lowest BCUT2D eigenvalue weighted by Gasteiger charge is -2.27. The van der Waals surface area contributed by atoms with Gasteiger partial charge in [0.1, 0.15) is 6.04 Å². The van der Waals surface area contributed by atoms with E-state index in [2.05, 4.69) is 17.6 Å². The molecule has 29 heavy (non-hydrogen) atoms. The van der Waals surface area contributed by atoms with Gasteiger partial charge in [-0.25, -0.2) is 0 Å². The maximum Gasteiger partial charge on any atom is 0.262 e. The zero-order chi connectivity index (χ0) is 20.8. The Balaban J connectivity index is 1.55. The maximum absolute atomic E-state index is 12.8. The molecule has 0 aromatic heterocycles. The van der Waals surface area contributed by atoms with Crippen LogP contribution in [-0.2, 0) is 9.59 Å². The summed E-state index contributed by atoms with van der Waals surface area (Å²) in [5.74, 6) is -1.91. The van der Waals surface area contributed by atoms with E-state index in [4.69, 9.17) is 0 Å². The number of anilines is 1. The number of imide groups is 2. The molecule has 4 amide bonds. The van der Waals surface area contributed by atoms with Crippen LogP contribution in [0.1, 0.15) is 85.4 Å². The van der Waals surface area contributed by atoms with Crippen LogP contribution in [0.3, 0.4) is 0 Å². The quantitative estimate of drug-likeness (QED) is 0.465. The first-order valence-corrected chi connectivity index (χ1v) is 10.6. The Kier molecular flexibility index (Phi) is 7.01. The number of hydrogen-bond acceptors (Lipinski definition) is 5. The van der Waals surface area contributed by atoms with Crippen LogP contribution in [0.25, 0.3) is 0 Å². The zero-order valence-electron chi connectivity index (χ0n) is 17.0. The average molecular weight is 399 g/mol. The van der Waals surface area contributed by atoms with E-state index in [1.165, 1.54) is 38.5 Å². The van der Waals surface area contributed by atoms with Crippen molar-refractivity contribution < 1.29 is 19.2 Å².